The average Bonchev–Trinajstić information content (AvgIpc) is 2.98. The highest BCUT2D eigenvalue weighted by Crippen LogP contribution is 2.29. The number of hydrogen-bond acceptors (Lipinski definition) is 5. The van der Waals surface area contributed by atoms with E-state index >= 15 is 0 Å². The number of piperidine rings is 1. The molecule has 0 spiro atoms. The van der Waals surface area contributed by atoms with Crippen LogP contribution in [0.4, 0.5) is 4.79 Å². The molecule has 2 aliphatic rings. The first-order valence-electron chi connectivity index (χ1n) is 11.0. The first-order chi connectivity index (χ1) is 14.8. The van der Waals surface area contributed by atoms with Crippen molar-refractivity contribution in [2.75, 3.05) is 26.2 Å². The number of nitrogens with zero attached hydrogens (tertiary/aromatic N) is 2. The summed E-state index contributed by atoms with van der Waals surface area (Å²) in [5.74, 6) is -1.17. The van der Waals surface area contributed by atoms with E-state index in [4.69, 9.17) is 4.74 Å². The van der Waals surface area contributed by atoms with Gasteiger partial charge in [0.05, 0.1) is 12.5 Å². The van der Waals surface area contributed by atoms with E-state index in [9.17, 15) is 19.2 Å². The van der Waals surface area contributed by atoms with Gasteiger partial charge in [-0.05, 0) is 44.2 Å². The van der Waals surface area contributed by atoms with Gasteiger partial charge in [0, 0.05) is 13.1 Å². The van der Waals surface area contributed by atoms with Crippen LogP contribution in [0.3, 0.4) is 0 Å². The zero-order valence-corrected chi connectivity index (χ0v) is 18.5. The summed E-state index contributed by atoms with van der Waals surface area (Å²) in [4.78, 5) is 52.8. The van der Waals surface area contributed by atoms with Crippen LogP contribution in [0.25, 0.3) is 0 Å². The Balaban J connectivity index is 1.62. The maximum atomic E-state index is 13.1. The third kappa shape index (κ3) is 4.73. The molecular formula is C23H31N3O5. The predicted octanol–water partition coefficient (Wildman–Crippen LogP) is 2.21. The molecule has 8 heteroatoms. The number of carbonyl (C=O) groups excluding carboxylic acids is 4. The predicted molar refractivity (Wildman–Crippen MR) is 114 cm³/mol. The van der Waals surface area contributed by atoms with Gasteiger partial charge in [0.15, 0.2) is 0 Å². The van der Waals surface area contributed by atoms with Crippen LogP contribution in [-0.2, 0) is 31.1 Å². The second-order valence-electron chi connectivity index (χ2n) is 8.30. The number of hydrogen-bond donors (Lipinski definition) is 1. The summed E-state index contributed by atoms with van der Waals surface area (Å²) < 4.78 is 5.05. The fourth-order valence-corrected chi connectivity index (χ4v) is 4.19. The van der Waals surface area contributed by atoms with Gasteiger partial charge in [0.1, 0.15) is 12.1 Å². The molecule has 1 aromatic carbocycles. The van der Waals surface area contributed by atoms with Crippen molar-refractivity contribution in [2.24, 2.45) is 5.92 Å². The summed E-state index contributed by atoms with van der Waals surface area (Å²) in [7, 11) is 0. The molecule has 0 radical (unpaired) electrons. The molecule has 1 N–H and O–H groups in total. The van der Waals surface area contributed by atoms with Crippen LogP contribution in [0.15, 0.2) is 24.3 Å². The van der Waals surface area contributed by atoms with Gasteiger partial charge in [-0.15, -0.1) is 0 Å². The highest BCUT2D eigenvalue weighted by Gasteiger charge is 2.49. The van der Waals surface area contributed by atoms with Crippen molar-refractivity contribution in [3.63, 3.8) is 0 Å². The molecule has 0 saturated carbocycles. The van der Waals surface area contributed by atoms with Gasteiger partial charge in [0.2, 0.25) is 5.91 Å². The molecule has 0 aromatic heterocycles. The van der Waals surface area contributed by atoms with Crippen molar-refractivity contribution in [3.05, 3.63) is 35.4 Å². The maximum Gasteiger partial charge on any atom is 0.325 e. The summed E-state index contributed by atoms with van der Waals surface area (Å²) in [6, 6.07) is 7.07. The van der Waals surface area contributed by atoms with Gasteiger partial charge < -0.3 is 15.0 Å². The first kappa shape index (κ1) is 22.8. The minimum absolute atomic E-state index is 0.209. The number of nitrogens with one attached hydrogen (secondary N) is 1. The third-order valence-electron chi connectivity index (χ3n) is 6.11. The van der Waals surface area contributed by atoms with Crippen molar-refractivity contribution >= 4 is 23.8 Å². The minimum Gasteiger partial charge on any atom is -0.466 e. The summed E-state index contributed by atoms with van der Waals surface area (Å²) in [5, 5.41) is 2.75. The largest absolute Gasteiger partial charge is 0.466 e. The second-order valence-corrected chi connectivity index (χ2v) is 8.30. The standard InChI is InChI=1S/C23H31N3O5/c1-4-6-16-7-9-18(10-8-16)23(3)21(29)26(22(30)24-23)15-19(27)25-13-11-17(12-14-25)20(28)31-5-2/h7-10,17H,4-6,11-15H2,1-3H3,(H,24,30). The lowest BCUT2D eigenvalue weighted by Gasteiger charge is -2.31. The summed E-state index contributed by atoms with van der Waals surface area (Å²) in [6.45, 7) is 6.37. The Morgan fingerprint density at radius 2 is 1.77 bits per heavy atom. The van der Waals surface area contributed by atoms with Crippen molar-refractivity contribution in [2.45, 2.75) is 52.0 Å². The molecule has 31 heavy (non-hydrogen) atoms. The van der Waals surface area contributed by atoms with Crippen LogP contribution >= 0.6 is 0 Å². The number of imide groups is 1. The topological polar surface area (TPSA) is 96.0 Å². The van der Waals surface area contributed by atoms with Gasteiger partial charge >= 0.3 is 12.0 Å². The molecular weight excluding hydrogens is 398 g/mol. The lowest BCUT2D eigenvalue weighted by Crippen LogP contribution is -2.47. The van der Waals surface area contributed by atoms with Crippen molar-refractivity contribution < 1.29 is 23.9 Å². The van der Waals surface area contributed by atoms with E-state index < -0.39 is 17.5 Å². The first-order valence-corrected chi connectivity index (χ1v) is 11.0. The van der Waals surface area contributed by atoms with E-state index in [2.05, 4.69) is 12.2 Å². The Bertz CT molecular complexity index is 845. The van der Waals surface area contributed by atoms with Gasteiger partial charge in [-0.1, -0.05) is 37.6 Å². The molecule has 2 aliphatic heterocycles. The van der Waals surface area contributed by atoms with Crippen LogP contribution in [0.5, 0.6) is 0 Å². The number of esters is 1. The van der Waals surface area contributed by atoms with Gasteiger partial charge in [-0.25, -0.2) is 4.79 Å². The summed E-state index contributed by atoms with van der Waals surface area (Å²) >= 11 is 0. The zero-order valence-electron chi connectivity index (χ0n) is 18.5. The summed E-state index contributed by atoms with van der Waals surface area (Å²) in [6.07, 6.45) is 3.02. The lowest BCUT2D eigenvalue weighted by atomic mass is 9.91. The van der Waals surface area contributed by atoms with Gasteiger partial charge in [-0.2, -0.15) is 0 Å². The Kier molecular flexibility index (Phi) is 6.97. The maximum absolute atomic E-state index is 13.1. The van der Waals surface area contributed by atoms with E-state index in [1.165, 1.54) is 5.56 Å². The van der Waals surface area contributed by atoms with Crippen molar-refractivity contribution in [1.82, 2.24) is 15.1 Å². The average molecular weight is 430 g/mol. The van der Waals surface area contributed by atoms with Gasteiger partial charge in [0.25, 0.3) is 5.91 Å². The fraction of sp³-hybridized carbons (Fsp3) is 0.565. The number of likely N-dealkylation sites (tertiary alicyclic amines) is 1. The van der Waals surface area contributed by atoms with E-state index in [-0.39, 0.29) is 24.3 Å². The smallest absolute Gasteiger partial charge is 0.325 e. The zero-order chi connectivity index (χ0) is 22.6. The van der Waals surface area contributed by atoms with Crippen LogP contribution in [0.1, 0.15) is 51.2 Å². The van der Waals surface area contributed by atoms with Crippen LogP contribution < -0.4 is 5.32 Å². The molecule has 1 unspecified atom stereocenters. The molecule has 2 heterocycles. The SMILES string of the molecule is CCCc1ccc(C2(C)NC(=O)N(CC(=O)N3CCC(C(=O)OCC)CC3)C2=O)cc1. The molecule has 8 nitrogen and oxygen atoms in total. The molecule has 2 fully saturated rings. The second kappa shape index (κ2) is 9.49. The number of ether oxygens (including phenoxy) is 1. The van der Waals surface area contributed by atoms with E-state index in [1.54, 1.807) is 18.7 Å². The highest BCUT2D eigenvalue weighted by molar-refractivity contribution is 6.09. The summed E-state index contributed by atoms with van der Waals surface area (Å²) in [5.41, 5.74) is 0.666. The fourth-order valence-electron chi connectivity index (χ4n) is 4.19. The molecule has 0 bridgehead atoms. The molecule has 3 rings (SSSR count). The van der Waals surface area contributed by atoms with Gasteiger partial charge in [-0.3, -0.25) is 19.3 Å². The normalized spacial score (nSPS) is 21.9. The highest BCUT2D eigenvalue weighted by atomic mass is 16.5. The Labute approximate surface area is 182 Å². The third-order valence-corrected chi connectivity index (χ3v) is 6.11. The molecule has 4 amide bonds. The van der Waals surface area contributed by atoms with Crippen LogP contribution in [0, 0.1) is 5.92 Å². The van der Waals surface area contributed by atoms with E-state index in [0.29, 0.717) is 38.1 Å². The lowest BCUT2D eigenvalue weighted by molar-refractivity contribution is -0.151. The van der Waals surface area contributed by atoms with Crippen molar-refractivity contribution in [1.29, 1.82) is 0 Å². The van der Waals surface area contributed by atoms with E-state index in [1.807, 2.05) is 24.3 Å². The quantitative estimate of drug-likeness (QED) is 0.530. The number of carbonyl (C=O) groups is 4. The van der Waals surface area contributed by atoms with Crippen LogP contribution in [-0.4, -0.2) is 59.9 Å². The van der Waals surface area contributed by atoms with E-state index in [0.717, 1.165) is 17.7 Å². The number of urea groups is 1. The number of benzene rings is 1. The monoisotopic (exact) mass is 429 g/mol. The molecule has 0 aliphatic carbocycles. The Morgan fingerprint density at radius 3 is 2.35 bits per heavy atom. The Morgan fingerprint density at radius 1 is 1.13 bits per heavy atom. The number of aryl methyl sites for hydroxylation is 1. The molecule has 1 aromatic rings. The number of amides is 4. The Hall–Kier alpha value is -2.90. The van der Waals surface area contributed by atoms with Crippen molar-refractivity contribution in [3.8, 4) is 0 Å². The van der Waals surface area contributed by atoms with Crippen LogP contribution in [0.2, 0.25) is 0 Å². The molecule has 2 saturated heterocycles. The molecule has 1 atom stereocenters. The number of rotatable bonds is 7. The minimum atomic E-state index is -1.20. The molecule has 168 valence electrons.